The lowest BCUT2D eigenvalue weighted by molar-refractivity contribution is -0.00883. The highest BCUT2D eigenvalue weighted by Gasteiger charge is 2.48. The Kier molecular flexibility index (Phi) is 3.63. The normalized spacial score (nSPS) is 34.2. The predicted molar refractivity (Wildman–Crippen MR) is 89.4 cm³/mol. The van der Waals surface area contributed by atoms with Gasteiger partial charge in [0.1, 0.15) is 0 Å². The number of urea groups is 1. The molecule has 4 heteroatoms. The standard InChI is InChI=1S/C19H24N2O2/c1-11(22)14-3-2-4-17(10-14)20-19(23)21-18-15-6-12-5-13(8-15)9-16(18)7-12/h2-4,10,12-13,15-16,18H,5-9H2,1H3,(H2,20,21,23). The molecule has 2 amide bonds. The maximum absolute atomic E-state index is 12.4. The van der Waals surface area contributed by atoms with E-state index >= 15 is 0 Å². The maximum Gasteiger partial charge on any atom is 0.319 e. The average Bonchev–Trinajstić information content (AvgIpc) is 2.50. The largest absolute Gasteiger partial charge is 0.335 e. The van der Waals surface area contributed by atoms with Gasteiger partial charge in [0.25, 0.3) is 0 Å². The quantitative estimate of drug-likeness (QED) is 0.833. The average molecular weight is 312 g/mol. The highest BCUT2D eigenvalue weighted by Crippen LogP contribution is 2.53. The minimum atomic E-state index is -0.136. The van der Waals surface area contributed by atoms with Crippen LogP contribution in [0.15, 0.2) is 24.3 Å². The lowest BCUT2D eigenvalue weighted by Crippen LogP contribution is -2.56. The van der Waals surface area contributed by atoms with Crippen LogP contribution >= 0.6 is 0 Å². The van der Waals surface area contributed by atoms with E-state index < -0.39 is 0 Å². The second-order valence-electron chi connectivity index (χ2n) is 7.69. The first-order chi connectivity index (χ1) is 11.1. The SMILES string of the molecule is CC(=O)c1cccc(NC(=O)NC2C3CC4CC(C3)CC2C4)c1. The van der Waals surface area contributed by atoms with Gasteiger partial charge in [-0.1, -0.05) is 12.1 Å². The zero-order chi connectivity index (χ0) is 16.0. The Balaban J connectivity index is 1.40. The molecule has 4 aliphatic carbocycles. The molecule has 0 heterocycles. The van der Waals surface area contributed by atoms with Crippen LogP contribution in [0.5, 0.6) is 0 Å². The van der Waals surface area contributed by atoms with E-state index in [1.54, 1.807) is 18.2 Å². The van der Waals surface area contributed by atoms with Crippen LogP contribution < -0.4 is 10.6 Å². The summed E-state index contributed by atoms with van der Waals surface area (Å²) in [7, 11) is 0. The molecule has 4 nitrogen and oxygen atoms in total. The van der Waals surface area contributed by atoms with Crippen molar-refractivity contribution in [2.45, 2.75) is 45.1 Å². The molecule has 4 aliphatic rings. The Hall–Kier alpha value is -1.84. The van der Waals surface area contributed by atoms with Gasteiger partial charge in [0.05, 0.1) is 0 Å². The first kappa shape index (κ1) is 14.7. The second-order valence-corrected chi connectivity index (χ2v) is 7.69. The van der Waals surface area contributed by atoms with Crippen molar-refractivity contribution in [3.8, 4) is 0 Å². The molecule has 0 saturated heterocycles. The van der Waals surface area contributed by atoms with Crippen LogP contribution in [0.25, 0.3) is 0 Å². The number of rotatable bonds is 3. The predicted octanol–water partition coefficient (Wildman–Crippen LogP) is 3.84. The van der Waals surface area contributed by atoms with Crippen molar-refractivity contribution in [2.24, 2.45) is 23.7 Å². The molecular formula is C19H24N2O2. The number of amides is 2. The Bertz CT molecular complexity index is 612. The fourth-order valence-corrected chi connectivity index (χ4v) is 5.30. The number of anilines is 1. The van der Waals surface area contributed by atoms with Gasteiger partial charge < -0.3 is 10.6 Å². The van der Waals surface area contributed by atoms with Crippen molar-refractivity contribution in [3.05, 3.63) is 29.8 Å². The van der Waals surface area contributed by atoms with Gasteiger partial charge in [0.2, 0.25) is 0 Å². The molecule has 0 aromatic heterocycles. The van der Waals surface area contributed by atoms with E-state index in [-0.39, 0.29) is 11.8 Å². The van der Waals surface area contributed by atoms with Gasteiger partial charge in [-0.3, -0.25) is 4.79 Å². The molecule has 0 spiro atoms. The summed E-state index contributed by atoms with van der Waals surface area (Å²) in [5, 5.41) is 6.12. The molecule has 2 N–H and O–H groups in total. The molecule has 1 aromatic carbocycles. The zero-order valence-electron chi connectivity index (χ0n) is 13.5. The summed E-state index contributed by atoms with van der Waals surface area (Å²) < 4.78 is 0. The van der Waals surface area contributed by atoms with Crippen LogP contribution in [0.3, 0.4) is 0 Å². The highest BCUT2D eigenvalue weighted by molar-refractivity contribution is 5.96. The first-order valence-corrected chi connectivity index (χ1v) is 8.77. The Labute approximate surface area is 137 Å². The minimum Gasteiger partial charge on any atom is -0.335 e. The van der Waals surface area contributed by atoms with Gasteiger partial charge in [-0.05, 0) is 74.8 Å². The van der Waals surface area contributed by atoms with Gasteiger partial charge in [0, 0.05) is 17.3 Å². The summed E-state index contributed by atoms with van der Waals surface area (Å²) in [5.41, 5.74) is 1.30. The number of hydrogen-bond acceptors (Lipinski definition) is 2. The van der Waals surface area contributed by atoms with Gasteiger partial charge in [-0.15, -0.1) is 0 Å². The van der Waals surface area contributed by atoms with E-state index in [4.69, 9.17) is 0 Å². The molecule has 23 heavy (non-hydrogen) atoms. The minimum absolute atomic E-state index is 0.00935. The van der Waals surface area contributed by atoms with Crippen LogP contribution in [0.2, 0.25) is 0 Å². The van der Waals surface area contributed by atoms with Crippen molar-refractivity contribution in [2.75, 3.05) is 5.32 Å². The first-order valence-electron chi connectivity index (χ1n) is 8.77. The molecule has 0 radical (unpaired) electrons. The molecule has 0 aliphatic heterocycles. The third-order valence-corrected chi connectivity index (χ3v) is 6.05. The van der Waals surface area contributed by atoms with Crippen LogP contribution in [-0.4, -0.2) is 17.9 Å². The van der Waals surface area contributed by atoms with E-state index in [9.17, 15) is 9.59 Å². The van der Waals surface area contributed by atoms with Crippen LogP contribution in [-0.2, 0) is 0 Å². The second kappa shape index (κ2) is 5.66. The van der Waals surface area contributed by atoms with Gasteiger partial charge in [-0.2, -0.15) is 0 Å². The van der Waals surface area contributed by atoms with Gasteiger partial charge in [0.15, 0.2) is 5.78 Å². The topological polar surface area (TPSA) is 58.2 Å². The summed E-state index contributed by atoms with van der Waals surface area (Å²) >= 11 is 0. The van der Waals surface area contributed by atoms with Gasteiger partial charge >= 0.3 is 6.03 Å². The molecule has 0 atom stereocenters. The lowest BCUT2D eigenvalue weighted by atomic mass is 9.54. The number of carbonyl (C=O) groups excluding carboxylic acids is 2. The molecule has 5 rings (SSSR count). The van der Waals surface area contributed by atoms with E-state index in [2.05, 4.69) is 10.6 Å². The van der Waals surface area contributed by atoms with Crippen LogP contribution in [0, 0.1) is 23.7 Å². The van der Waals surface area contributed by atoms with E-state index in [0.717, 1.165) is 11.8 Å². The Morgan fingerprint density at radius 1 is 1.00 bits per heavy atom. The molecule has 1 aromatic rings. The third kappa shape index (κ3) is 2.87. The number of ketones is 1. The third-order valence-electron chi connectivity index (χ3n) is 6.05. The van der Waals surface area contributed by atoms with Crippen molar-refractivity contribution in [1.29, 1.82) is 0 Å². The van der Waals surface area contributed by atoms with E-state index in [1.165, 1.54) is 39.0 Å². The number of nitrogens with one attached hydrogen (secondary N) is 2. The smallest absolute Gasteiger partial charge is 0.319 e. The van der Waals surface area contributed by atoms with Crippen molar-refractivity contribution >= 4 is 17.5 Å². The van der Waals surface area contributed by atoms with Crippen LogP contribution in [0.4, 0.5) is 10.5 Å². The number of Topliss-reactive ketones (excluding diaryl/α,β-unsaturated/α-hetero) is 1. The highest BCUT2D eigenvalue weighted by atomic mass is 16.2. The van der Waals surface area contributed by atoms with Crippen molar-refractivity contribution in [3.63, 3.8) is 0 Å². The fraction of sp³-hybridized carbons (Fsp3) is 0.579. The summed E-state index contributed by atoms with van der Waals surface area (Å²) in [4.78, 5) is 23.8. The van der Waals surface area contributed by atoms with E-state index in [1.807, 2.05) is 6.07 Å². The Morgan fingerprint density at radius 3 is 2.26 bits per heavy atom. The monoisotopic (exact) mass is 312 g/mol. The zero-order valence-corrected chi connectivity index (χ0v) is 13.5. The summed E-state index contributed by atoms with van der Waals surface area (Å²) in [6.45, 7) is 1.54. The van der Waals surface area contributed by atoms with Crippen molar-refractivity contribution < 1.29 is 9.59 Å². The summed E-state index contributed by atoms with van der Waals surface area (Å²) in [6.07, 6.45) is 6.58. The maximum atomic E-state index is 12.4. The molecule has 0 unspecified atom stereocenters. The molecular weight excluding hydrogens is 288 g/mol. The molecule has 4 saturated carbocycles. The molecule has 4 fully saturated rings. The summed E-state index contributed by atoms with van der Waals surface area (Å²) in [6, 6.07) is 7.32. The Morgan fingerprint density at radius 2 is 1.65 bits per heavy atom. The van der Waals surface area contributed by atoms with Gasteiger partial charge in [-0.25, -0.2) is 4.79 Å². The molecule has 122 valence electrons. The number of benzene rings is 1. The van der Waals surface area contributed by atoms with Crippen molar-refractivity contribution in [1.82, 2.24) is 5.32 Å². The number of carbonyl (C=O) groups is 2. The van der Waals surface area contributed by atoms with E-state index in [0.29, 0.717) is 29.1 Å². The lowest BCUT2D eigenvalue weighted by Gasteiger charge is -2.54. The number of hydrogen-bond donors (Lipinski definition) is 2. The fourth-order valence-electron chi connectivity index (χ4n) is 5.30. The van der Waals surface area contributed by atoms with Crippen LogP contribution in [0.1, 0.15) is 49.4 Å². The molecule has 4 bridgehead atoms. The summed E-state index contributed by atoms with van der Waals surface area (Å²) in [5.74, 6) is 3.16.